The Balaban J connectivity index is 2.17. The van der Waals surface area contributed by atoms with Crippen LogP contribution in [0, 0.1) is 0 Å². The van der Waals surface area contributed by atoms with Crippen LogP contribution in [0.4, 0.5) is 0 Å². The molecule has 0 spiro atoms. The SMILES string of the molecule is CCNC(c1ccccc1)C(CC)Sc1ccccc1. The fraction of sp³-hybridized carbons (Fsp3) is 0.333. The highest BCUT2D eigenvalue weighted by Crippen LogP contribution is 2.34. The molecule has 0 saturated heterocycles. The second-order valence-corrected chi connectivity index (χ2v) is 6.14. The van der Waals surface area contributed by atoms with Crippen molar-refractivity contribution in [2.75, 3.05) is 6.54 Å². The van der Waals surface area contributed by atoms with Crippen molar-refractivity contribution < 1.29 is 0 Å². The third-order valence-electron chi connectivity index (χ3n) is 3.39. The quantitative estimate of drug-likeness (QED) is 0.726. The topological polar surface area (TPSA) is 12.0 Å². The Kier molecular flexibility index (Phi) is 6.16. The Labute approximate surface area is 126 Å². The van der Waals surface area contributed by atoms with E-state index in [2.05, 4.69) is 79.8 Å². The van der Waals surface area contributed by atoms with E-state index in [-0.39, 0.29) is 0 Å². The predicted molar refractivity (Wildman–Crippen MR) is 89.2 cm³/mol. The Morgan fingerprint density at radius 2 is 1.50 bits per heavy atom. The van der Waals surface area contributed by atoms with Gasteiger partial charge in [0.1, 0.15) is 0 Å². The second kappa shape index (κ2) is 8.13. The molecule has 0 bridgehead atoms. The molecule has 1 N–H and O–H groups in total. The Morgan fingerprint density at radius 3 is 2.05 bits per heavy atom. The van der Waals surface area contributed by atoms with Crippen LogP contribution in [0.15, 0.2) is 65.6 Å². The summed E-state index contributed by atoms with van der Waals surface area (Å²) in [6, 6.07) is 21.9. The number of rotatable bonds is 7. The lowest BCUT2D eigenvalue weighted by molar-refractivity contribution is 0.521. The van der Waals surface area contributed by atoms with Gasteiger partial charge in [-0.3, -0.25) is 0 Å². The third kappa shape index (κ3) is 4.12. The van der Waals surface area contributed by atoms with Crippen LogP contribution in [-0.2, 0) is 0 Å². The van der Waals surface area contributed by atoms with Crippen LogP contribution < -0.4 is 5.32 Å². The zero-order valence-electron chi connectivity index (χ0n) is 12.3. The van der Waals surface area contributed by atoms with Gasteiger partial charge in [0.25, 0.3) is 0 Å². The minimum atomic E-state index is 0.399. The summed E-state index contributed by atoms with van der Waals surface area (Å²) in [5.74, 6) is 0. The maximum absolute atomic E-state index is 3.65. The zero-order chi connectivity index (χ0) is 14.2. The summed E-state index contributed by atoms with van der Waals surface area (Å²) < 4.78 is 0. The van der Waals surface area contributed by atoms with Gasteiger partial charge in [0.05, 0.1) is 0 Å². The summed E-state index contributed by atoms with van der Waals surface area (Å²) in [5, 5.41) is 4.19. The van der Waals surface area contributed by atoms with Gasteiger partial charge in [0.15, 0.2) is 0 Å². The molecular weight excluding hydrogens is 262 g/mol. The van der Waals surface area contributed by atoms with Gasteiger partial charge >= 0.3 is 0 Å². The van der Waals surface area contributed by atoms with Gasteiger partial charge in [-0.05, 0) is 30.7 Å². The van der Waals surface area contributed by atoms with E-state index in [1.54, 1.807) is 0 Å². The van der Waals surface area contributed by atoms with Crippen LogP contribution in [0.25, 0.3) is 0 Å². The maximum atomic E-state index is 3.65. The molecule has 0 aliphatic heterocycles. The normalized spacial score (nSPS) is 13.9. The van der Waals surface area contributed by atoms with Crippen LogP contribution in [0.5, 0.6) is 0 Å². The van der Waals surface area contributed by atoms with Crippen LogP contribution in [0.3, 0.4) is 0 Å². The molecule has 2 atom stereocenters. The summed E-state index contributed by atoms with van der Waals surface area (Å²) in [6.45, 7) is 5.44. The average molecular weight is 285 g/mol. The largest absolute Gasteiger partial charge is 0.309 e. The molecule has 2 aromatic rings. The highest BCUT2D eigenvalue weighted by Gasteiger charge is 2.21. The van der Waals surface area contributed by atoms with E-state index in [9.17, 15) is 0 Å². The molecule has 0 aromatic heterocycles. The molecule has 2 heteroatoms. The van der Waals surface area contributed by atoms with Crippen molar-refractivity contribution in [3.8, 4) is 0 Å². The van der Waals surface area contributed by atoms with Gasteiger partial charge in [-0.1, -0.05) is 62.4 Å². The van der Waals surface area contributed by atoms with E-state index in [1.165, 1.54) is 10.5 Å². The summed E-state index contributed by atoms with van der Waals surface area (Å²) in [5.41, 5.74) is 1.38. The smallest absolute Gasteiger partial charge is 0.0443 e. The molecule has 0 aliphatic rings. The zero-order valence-corrected chi connectivity index (χ0v) is 13.1. The van der Waals surface area contributed by atoms with Gasteiger partial charge < -0.3 is 5.32 Å². The lowest BCUT2D eigenvalue weighted by atomic mass is 10.0. The molecule has 2 aromatic carbocycles. The molecule has 1 nitrogen and oxygen atoms in total. The van der Waals surface area contributed by atoms with Gasteiger partial charge in [-0.15, -0.1) is 11.8 Å². The Bertz CT molecular complexity index is 483. The standard InChI is InChI=1S/C18H23NS/c1-3-17(20-16-13-9-6-10-14-16)18(19-4-2)15-11-7-5-8-12-15/h5-14,17-19H,3-4H2,1-2H3. The van der Waals surface area contributed by atoms with Crippen molar-refractivity contribution in [3.05, 3.63) is 66.2 Å². The van der Waals surface area contributed by atoms with Gasteiger partial charge in [0, 0.05) is 16.2 Å². The molecule has 106 valence electrons. The van der Waals surface area contributed by atoms with Crippen molar-refractivity contribution in [2.24, 2.45) is 0 Å². The monoisotopic (exact) mass is 285 g/mol. The lowest BCUT2D eigenvalue weighted by Crippen LogP contribution is -2.29. The summed E-state index contributed by atoms with van der Waals surface area (Å²) in [4.78, 5) is 1.35. The molecule has 0 amide bonds. The van der Waals surface area contributed by atoms with Crippen molar-refractivity contribution in [3.63, 3.8) is 0 Å². The van der Waals surface area contributed by atoms with Crippen molar-refractivity contribution in [1.82, 2.24) is 5.32 Å². The Morgan fingerprint density at radius 1 is 0.900 bits per heavy atom. The number of nitrogens with one attached hydrogen (secondary N) is 1. The Hall–Kier alpha value is -1.25. The molecule has 0 fully saturated rings. The minimum Gasteiger partial charge on any atom is -0.309 e. The molecule has 0 radical (unpaired) electrons. The van der Waals surface area contributed by atoms with E-state index >= 15 is 0 Å². The van der Waals surface area contributed by atoms with Crippen LogP contribution in [-0.4, -0.2) is 11.8 Å². The summed E-state index contributed by atoms with van der Waals surface area (Å²) in [7, 11) is 0. The first-order valence-electron chi connectivity index (χ1n) is 7.35. The van der Waals surface area contributed by atoms with Crippen molar-refractivity contribution in [2.45, 2.75) is 36.5 Å². The first kappa shape index (κ1) is 15.1. The number of thioether (sulfide) groups is 1. The molecule has 0 heterocycles. The summed E-state index contributed by atoms with van der Waals surface area (Å²) >= 11 is 1.97. The lowest BCUT2D eigenvalue weighted by Gasteiger charge is -2.27. The van der Waals surface area contributed by atoms with Crippen molar-refractivity contribution in [1.29, 1.82) is 0 Å². The molecule has 0 aliphatic carbocycles. The molecule has 20 heavy (non-hydrogen) atoms. The molecular formula is C18H23NS. The van der Waals surface area contributed by atoms with Crippen LogP contribution >= 0.6 is 11.8 Å². The van der Waals surface area contributed by atoms with E-state index in [0.29, 0.717) is 11.3 Å². The van der Waals surface area contributed by atoms with E-state index in [4.69, 9.17) is 0 Å². The third-order valence-corrected chi connectivity index (χ3v) is 4.84. The minimum absolute atomic E-state index is 0.399. The predicted octanol–water partition coefficient (Wildman–Crippen LogP) is 4.91. The van der Waals surface area contributed by atoms with E-state index in [0.717, 1.165) is 13.0 Å². The van der Waals surface area contributed by atoms with E-state index in [1.807, 2.05) is 11.8 Å². The molecule has 0 saturated carbocycles. The average Bonchev–Trinajstić information content (AvgIpc) is 2.52. The van der Waals surface area contributed by atoms with Crippen LogP contribution in [0.2, 0.25) is 0 Å². The second-order valence-electron chi connectivity index (χ2n) is 4.82. The molecule has 2 unspecified atom stereocenters. The van der Waals surface area contributed by atoms with Gasteiger partial charge in [-0.25, -0.2) is 0 Å². The maximum Gasteiger partial charge on any atom is 0.0443 e. The van der Waals surface area contributed by atoms with Crippen molar-refractivity contribution >= 4 is 11.8 Å². The van der Waals surface area contributed by atoms with Gasteiger partial charge in [-0.2, -0.15) is 0 Å². The fourth-order valence-electron chi connectivity index (χ4n) is 2.41. The highest BCUT2D eigenvalue weighted by molar-refractivity contribution is 8.00. The summed E-state index contributed by atoms with van der Waals surface area (Å²) in [6.07, 6.45) is 1.14. The highest BCUT2D eigenvalue weighted by atomic mass is 32.2. The van der Waals surface area contributed by atoms with Gasteiger partial charge in [0.2, 0.25) is 0 Å². The van der Waals surface area contributed by atoms with Crippen LogP contribution in [0.1, 0.15) is 31.9 Å². The van der Waals surface area contributed by atoms with E-state index < -0.39 is 0 Å². The number of hydrogen-bond donors (Lipinski definition) is 1. The number of benzene rings is 2. The fourth-order valence-corrected chi connectivity index (χ4v) is 3.63. The number of hydrogen-bond acceptors (Lipinski definition) is 2. The first-order chi connectivity index (χ1) is 9.85. The first-order valence-corrected chi connectivity index (χ1v) is 8.23. The molecule has 2 rings (SSSR count).